The predicted octanol–water partition coefficient (Wildman–Crippen LogP) is 4.93. The van der Waals surface area contributed by atoms with E-state index in [1.165, 1.54) is 0 Å². The van der Waals surface area contributed by atoms with E-state index >= 15 is 0 Å². The van der Waals surface area contributed by atoms with E-state index in [2.05, 4.69) is 6.92 Å². The molecule has 0 bridgehead atoms. The third-order valence-corrected chi connectivity index (χ3v) is 5.80. The maximum atomic E-state index is 13.5. The van der Waals surface area contributed by atoms with Crippen LogP contribution in [0.25, 0.3) is 5.69 Å². The normalized spacial score (nSPS) is 19.0. The fourth-order valence-corrected chi connectivity index (χ4v) is 4.11. The molecule has 1 aliphatic carbocycles. The summed E-state index contributed by atoms with van der Waals surface area (Å²) in [5.41, 5.74) is 2.26. The summed E-state index contributed by atoms with van der Waals surface area (Å²) in [5.74, 6) is 0.618. The molecule has 1 aliphatic rings. The largest absolute Gasteiger partial charge is 0.462 e. The molecule has 0 radical (unpaired) electrons. The first-order valence-corrected chi connectivity index (χ1v) is 11.0. The number of hydrogen-bond acceptors (Lipinski definition) is 4. The summed E-state index contributed by atoms with van der Waals surface area (Å²) in [5, 5.41) is 4.70. The molecule has 1 fully saturated rings. The lowest BCUT2D eigenvalue weighted by atomic mass is 9.82. The van der Waals surface area contributed by atoms with Gasteiger partial charge in [0.1, 0.15) is 5.56 Å². The van der Waals surface area contributed by atoms with Crippen LogP contribution in [-0.2, 0) is 9.53 Å². The van der Waals surface area contributed by atoms with Gasteiger partial charge in [0.2, 0.25) is 5.91 Å². The number of nitrogens with zero attached hydrogens (tertiary/aromatic N) is 3. The number of esters is 1. The van der Waals surface area contributed by atoms with E-state index < -0.39 is 5.97 Å². The molecule has 6 nitrogen and oxygen atoms in total. The smallest absolute Gasteiger partial charge is 0.343 e. The van der Waals surface area contributed by atoms with Gasteiger partial charge in [-0.2, -0.15) is 0 Å². The molecular weight excluding hydrogens is 378 g/mol. The second-order valence-electron chi connectivity index (χ2n) is 8.63. The van der Waals surface area contributed by atoms with Crippen LogP contribution < -0.4 is 4.90 Å². The first kappa shape index (κ1) is 22.1. The Morgan fingerprint density at radius 3 is 2.53 bits per heavy atom. The van der Waals surface area contributed by atoms with Crippen LogP contribution >= 0.6 is 0 Å². The van der Waals surface area contributed by atoms with Crippen molar-refractivity contribution in [3.8, 4) is 5.69 Å². The molecule has 2 aromatic rings. The zero-order valence-electron chi connectivity index (χ0n) is 18.7. The van der Waals surface area contributed by atoms with Crippen molar-refractivity contribution in [3.63, 3.8) is 0 Å². The van der Waals surface area contributed by atoms with E-state index in [9.17, 15) is 9.59 Å². The van der Waals surface area contributed by atoms with Gasteiger partial charge in [-0.05, 0) is 77.0 Å². The molecule has 1 aromatic heterocycles. The van der Waals surface area contributed by atoms with E-state index in [0.29, 0.717) is 17.3 Å². The Morgan fingerprint density at radius 1 is 1.23 bits per heavy atom. The summed E-state index contributed by atoms with van der Waals surface area (Å²) in [6.07, 6.45) is 5.57. The number of carbonyl (C=O) groups is 2. The molecule has 0 spiro atoms. The third-order valence-electron chi connectivity index (χ3n) is 5.80. The molecule has 162 valence electrons. The van der Waals surface area contributed by atoms with E-state index in [-0.39, 0.29) is 24.5 Å². The molecule has 1 aromatic carbocycles. The van der Waals surface area contributed by atoms with Gasteiger partial charge in [0.05, 0.1) is 12.3 Å². The van der Waals surface area contributed by atoms with E-state index in [1.807, 2.05) is 45.0 Å². The minimum Gasteiger partial charge on any atom is -0.462 e. The molecule has 3 rings (SSSR count). The Labute approximate surface area is 179 Å². The highest BCUT2D eigenvalue weighted by Crippen LogP contribution is 2.33. The van der Waals surface area contributed by atoms with Gasteiger partial charge in [0.25, 0.3) is 0 Å². The van der Waals surface area contributed by atoms with Crippen molar-refractivity contribution in [3.05, 3.63) is 41.6 Å². The predicted molar refractivity (Wildman–Crippen MR) is 118 cm³/mol. The maximum absolute atomic E-state index is 13.5. The number of carbonyl (C=O) groups excluding carboxylic acids is 2. The van der Waals surface area contributed by atoms with Gasteiger partial charge in [0, 0.05) is 18.2 Å². The summed E-state index contributed by atoms with van der Waals surface area (Å²) >= 11 is 0. The Balaban J connectivity index is 2.03. The summed E-state index contributed by atoms with van der Waals surface area (Å²) < 4.78 is 6.95. The van der Waals surface area contributed by atoms with Crippen molar-refractivity contribution in [2.45, 2.75) is 66.3 Å². The number of benzene rings is 1. The van der Waals surface area contributed by atoms with Crippen molar-refractivity contribution in [2.24, 2.45) is 11.8 Å². The SMILES string of the molecule is CCOC(=O)c1cn(-c2cccc(C)c2)nc1N(C(=O)C1CCC(C)CC1)C(C)C. The third kappa shape index (κ3) is 4.74. The summed E-state index contributed by atoms with van der Waals surface area (Å²) in [6, 6.07) is 7.77. The molecule has 1 saturated carbocycles. The lowest BCUT2D eigenvalue weighted by Crippen LogP contribution is -2.43. The van der Waals surface area contributed by atoms with Crippen LogP contribution in [0.4, 0.5) is 5.82 Å². The van der Waals surface area contributed by atoms with Crippen molar-refractivity contribution < 1.29 is 14.3 Å². The van der Waals surface area contributed by atoms with E-state index in [0.717, 1.165) is 36.9 Å². The maximum Gasteiger partial charge on any atom is 0.343 e. The van der Waals surface area contributed by atoms with Gasteiger partial charge in [-0.15, -0.1) is 5.10 Å². The van der Waals surface area contributed by atoms with Crippen LogP contribution in [0.2, 0.25) is 0 Å². The fraction of sp³-hybridized carbons (Fsp3) is 0.542. The summed E-state index contributed by atoms with van der Waals surface area (Å²) in [4.78, 5) is 27.9. The Hall–Kier alpha value is -2.63. The van der Waals surface area contributed by atoms with Crippen LogP contribution in [-0.4, -0.2) is 34.3 Å². The monoisotopic (exact) mass is 411 g/mol. The quantitative estimate of drug-likeness (QED) is 0.633. The van der Waals surface area contributed by atoms with Gasteiger partial charge < -0.3 is 4.74 Å². The molecule has 1 amide bonds. The number of aromatic nitrogens is 2. The average molecular weight is 412 g/mol. The van der Waals surface area contributed by atoms with Gasteiger partial charge in [0.15, 0.2) is 5.82 Å². The second-order valence-corrected chi connectivity index (χ2v) is 8.63. The minimum atomic E-state index is -0.456. The highest BCUT2D eigenvalue weighted by molar-refractivity contribution is 6.02. The molecule has 6 heteroatoms. The molecule has 0 saturated heterocycles. The fourth-order valence-electron chi connectivity index (χ4n) is 4.11. The van der Waals surface area contributed by atoms with Crippen LogP contribution in [0.3, 0.4) is 0 Å². The number of aryl methyl sites for hydroxylation is 1. The van der Waals surface area contributed by atoms with Crippen molar-refractivity contribution in [2.75, 3.05) is 11.5 Å². The molecule has 30 heavy (non-hydrogen) atoms. The molecule has 0 atom stereocenters. The number of amides is 1. The molecule has 0 aliphatic heterocycles. The zero-order chi connectivity index (χ0) is 21.8. The molecule has 0 unspecified atom stereocenters. The first-order chi connectivity index (χ1) is 14.3. The molecule has 1 heterocycles. The van der Waals surface area contributed by atoms with Crippen LogP contribution in [0.15, 0.2) is 30.5 Å². The highest BCUT2D eigenvalue weighted by atomic mass is 16.5. The number of rotatable bonds is 6. The standard InChI is InChI=1S/C24H33N3O3/c1-6-30-24(29)21-15-26(20-9-7-8-18(5)14-20)25-22(21)27(16(2)3)23(28)19-12-10-17(4)11-13-19/h7-9,14-17,19H,6,10-13H2,1-5H3. The summed E-state index contributed by atoms with van der Waals surface area (Å²) in [6.45, 7) is 10.2. The first-order valence-electron chi connectivity index (χ1n) is 11.0. The minimum absolute atomic E-state index is 0.0252. The number of ether oxygens (including phenoxy) is 1. The van der Waals surface area contributed by atoms with Crippen molar-refractivity contribution in [1.29, 1.82) is 0 Å². The number of anilines is 1. The van der Waals surface area contributed by atoms with E-state index in [1.54, 1.807) is 22.7 Å². The van der Waals surface area contributed by atoms with Gasteiger partial charge >= 0.3 is 5.97 Å². The van der Waals surface area contributed by atoms with E-state index in [4.69, 9.17) is 9.84 Å². The topological polar surface area (TPSA) is 64.4 Å². The Kier molecular flexibility index (Phi) is 6.95. The lowest BCUT2D eigenvalue weighted by Gasteiger charge is -2.32. The molecule has 0 N–H and O–H groups in total. The van der Waals surface area contributed by atoms with Crippen molar-refractivity contribution >= 4 is 17.7 Å². The Morgan fingerprint density at radius 2 is 1.93 bits per heavy atom. The number of hydrogen-bond donors (Lipinski definition) is 0. The van der Waals surface area contributed by atoms with Crippen molar-refractivity contribution in [1.82, 2.24) is 9.78 Å². The highest BCUT2D eigenvalue weighted by Gasteiger charge is 2.34. The summed E-state index contributed by atoms with van der Waals surface area (Å²) in [7, 11) is 0. The van der Waals surface area contributed by atoms with Gasteiger partial charge in [-0.1, -0.05) is 19.1 Å². The van der Waals surface area contributed by atoms with Crippen LogP contribution in [0, 0.1) is 18.8 Å². The second kappa shape index (κ2) is 9.45. The van der Waals surface area contributed by atoms with Crippen LogP contribution in [0.5, 0.6) is 0 Å². The van der Waals surface area contributed by atoms with Crippen LogP contribution in [0.1, 0.15) is 69.3 Å². The average Bonchev–Trinajstić information content (AvgIpc) is 3.13. The van der Waals surface area contributed by atoms with Gasteiger partial charge in [-0.25, -0.2) is 9.48 Å². The molecular formula is C24H33N3O3. The zero-order valence-corrected chi connectivity index (χ0v) is 18.7. The Bertz CT molecular complexity index is 895. The lowest BCUT2D eigenvalue weighted by molar-refractivity contribution is -0.123. The van der Waals surface area contributed by atoms with Gasteiger partial charge in [-0.3, -0.25) is 9.69 Å².